The van der Waals surface area contributed by atoms with Gasteiger partial charge in [0.2, 0.25) is 0 Å². The molecule has 2 aliphatic heterocycles. The zero-order valence-electron chi connectivity index (χ0n) is 28.0. The van der Waals surface area contributed by atoms with E-state index in [-0.39, 0.29) is 58.5 Å². The number of aliphatic hydroxyl groups is 5. The molecule has 7 aliphatic rings. The number of rotatable bonds is 4. The number of fused-ring (bicyclic) bond motifs is 4. The minimum absolute atomic E-state index is 0.0347. The molecule has 258 valence electrons. The highest BCUT2D eigenvalue weighted by Crippen LogP contribution is 2.89. The lowest BCUT2D eigenvalue weighted by Crippen LogP contribution is -2.61. The van der Waals surface area contributed by atoms with E-state index in [0.29, 0.717) is 5.92 Å². The normalized spacial score (nSPS) is 57.2. The van der Waals surface area contributed by atoms with Gasteiger partial charge in [0, 0.05) is 5.41 Å². The van der Waals surface area contributed by atoms with Crippen LogP contribution in [0.2, 0.25) is 0 Å². The predicted octanol–water partition coefficient (Wildman–Crippen LogP) is 4.03. The third-order valence-corrected chi connectivity index (χ3v) is 15.7. The van der Waals surface area contributed by atoms with E-state index in [2.05, 4.69) is 27.7 Å². The smallest absolute Gasteiger partial charge is 0.301 e. The quantitative estimate of drug-likeness (QED) is 0.291. The van der Waals surface area contributed by atoms with Crippen LogP contribution < -0.4 is 0 Å². The Morgan fingerprint density at radius 2 is 1.51 bits per heavy atom. The lowest BCUT2D eigenvalue weighted by molar-refractivity contribution is -0.303. The van der Waals surface area contributed by atoms with Crippen molar-refractivity contribution >= 4 is 0 Å². The van der Waals surface area contributed by atoms with Crippen LogP contribution in [0.1, 0.15) is 99.8 Å². The van der Waals surface area contributed by atoms with Gasteiger partial charge in [0.25, 0.3) is 0 Å². The number of alkyl halides is 2. The highest BCUT2D eigenvalue weighted by atomic mass is 19.3. The Labute approximate surface area is 266 Å². The summed E-state index contributed by atoms with van der Waals surface area (Å²) in [5.74, 6) is -2.93. The van der Waals surface area contributed by atoms with E-state index in [0.717, 1.165) is 58.8 Å². The SMILES string of the molecule is C[C@@H]1C[C@H](C(F)(F)C(C)(C)O)OC2C1[C@@]1(C)CC[C@@]34C[C@@]35CC[C@H](OC3OC[C@@H](O)[C@H](O)[C@H]3O)C(C)(C)[C@@H]5CC[C@H]4[C@]1(C)[C@H]2O. The number of ether oxygens (including phenoxy) is 3. The Morgan fingerprint density at radius 3 is 2.18 bits per heavy atom. The first kappa shape index (κ1) is 33.1. The van der Waals surface area contributed by atoms with E-state index in [1.54, 1.807) is 0 Å². The molecule has 0 aromatic carbocycles. The zero-order valence-corrected chi connectivity index (χ0v) is 28.0. The van der Waals surface area contributed by atoms with Crippen molar-refractivity contribution in [1.29, 1.82) is 0 Å². The van der Waals surface area contributed by atoms with Crippen molar-refractivity contribution in [3.05, 3.63) is 0 Å². The van der Waals surface area contributed by atoms with Gasteiger partial charge in [0.05, 0.1) is 24.9 Å². The third kappa shape index (κ3) is 3.97. The second-order valence-corrected chi connectivity index (χ2v) is 18.1. The van der Waals surface area contributed by atoms with E-state index in [4.69, 9.17) is 14.2 Å². The molecule has 45 heavy (non-hydrogen) atoms. The van der Waals surface area contributed by atoms with Gasteiger partial charge in [-0.3, -0.25) is 0 Å². The number of hydrogen-bond acceptors (Lipinski definition) is 8. The van der Waals surface area contributed by atoms with Gasteiger partial charge in [0.15, 0.2) is 6.29 Å². The van der Waals surface area contributed by atoms with Crippen LogP contribution in [0, 0.1) is 50.7 Å². The van der Waals surface area contributed by atoms with E-state index in [1.165, 1.54) is 0 Å². The summed E-state index contributed by atoms with van der Waals surface area (Å²) in [4.78, 5) is 0. The third-order valence-electron chi connectivity index (χ3n) is 15.7. The Bertz CT molecular complexity index is 1190. The average molecular weight is 643 g/mol. The Hall–Kier alpha value is -0.460. The molecule has 0 amide bonds. The number of halogens is 2. The van der Waals surface area contributed by atoms with Crippen molar-refractivity contribution in [2.24, 2.45) is 50.7 Å². The fraction of sp³-hybridized carbons (Fsp3) is 1.00. The highest BCUT2D eigenvalue weighted by molar-refractivity contribution is 5.33. The zero-order chi connectivity index (χ0) is 32.9. The van der Waals surface area contributed by atoms with E-state index >= 15 is 8.78 Å². The number of aliphatic hydroxyl groups excluding tert-OH is 4. The molecule has 0 aromatic rings. The molecule has 3 unspecified atom stereocenters. The fourth-order valence-electron chi connectivity index (χ4n) is 13.2. The first-order valence-corrected chi connectivity index (χ1v) is 17.5. The molecular weight excluding hydrogens is 586 g/mol. The molecule has 2 saturated heterocycles. The molecule has 10 heteroatoms. The summed E-state index contributed by atoms with van der Waals surface area (Å²) in [6, 6.07) is 0. The Kier molecular flexibility index (Phi) is 7.22. The van der Waals surface area contributed by atoms with Crippen LogP contribution in [0.4, 0.5) is 8.78 Å². The van der Waals surface area contributed by atoms with Gasteiger partial charge in [-0.15, -0.1) is 0 Å². The van der Waals surface area contributed by atoms with Gasteiger partial charge in [-0.05, 0) is 111 Å². The summed E-state index contributed by atoms with van der Waals surface area (Å²) in [5.41, 5.74) is -3.02. The molecule has 16 atom stereocenters. The molecule has 8 nitrogen and oxygen atoms in total. The summed E-state index contributed by atoms with van der Waals surface area (Å²) in [5, 5.41) is 53.3. The molecule has 0 radical (unpaired) electrons. The summed E-state index contributed by atoms with van der Waals surface area (Å²) in [7, 11) is 0. The fourth-order valence-corrected chi connectivity index (χ4v) is 13.2. The lowest BCUT2D eigenvalue weighted by atomic mass is 9.41. The summed E-state index contributed by atoms with van der Waals surface area (Å²) in [6.45, 7) is 13.2. The average Bonchev–Trinajstić information content (AvgIpc) is 3.58. The van der Waals surface area contributed by atoms with E-state index in [9.17, 15) is 25.5 Å². The van der Waals surface area contributed by atoms with Crippen LogP contribution in [0.3, 0.4) is 0 Å². The van der Waals surface area contributed by atoms with Gasteiger partial charge >= 0.3 is 5.92 Å². The van der Waals surface area contributed by atoms with Gasteiger partial charge in [-0.1, -0.05) is 34.6 Å². The van der Waals surface area contributed by atoms with Gasteiger partial charge < -0.3 is 39.7 Å². The Balaban J connectivity index is 1.15. The largest absolute Gasteiger partial charge is 0.390 e. The summed E-state index contributed by atoms with van der Waals surface area (Å²) < 4.78 is 49.2. The van der Waals surface area contributed by atoms with Crippen molar-refractivity contribution in [1.82, 2.24) is 0 Å². The van der Waals surface area contributed by atoms with Crippen molar-refractivity contribution in [3.8, 4) is 0 Å². The molecule has 2 heterocycles. The second-order valence-electron chi connectivity index (χ2n) is 18.1. The summed E-state index contributed by atoms with van der Waals surface area (Å²) in [6.07, 6.45) is -1.05. The monoisotopic (exact) mass is 642 g/mol. The maximum Gasteiger partial charge on any atom is 0.301 e. The molecule has 0 aromatic heterocycles. The van der Waals surface area contributed by atoms with E-state index in [1.807, 2.05) is 6.92 Å². The molecule has 7 rings (SSSR count). The first-order chi connectivity index (χ1) is 20.7. The van der Waals surface area contributed by atoms with Crippen molar-refractivity contribution in [2.45, 2.75) is 160 Å². The molecule has 5 saturated carbocycles. The van der Waals surface area contributed by atoms with Crippen molar-refractivity contribution < 1.29 is 48.5 Å². The lowest BCUT2D eigenvalue weighted by Gasteiger charge is -2.64. The molecule has 0 bridgehead atoms. The minimum Gasteiger partial charge on any atom is -0.390 e. The summed E-state index contributed by atoms with van der Waals surface area (Å²) >= 11 is 0. The van der Waals surface area contributed by atoms with Gasteiger partial charge in [0.1, 0.15) is 30.0 Å². The van der Waals surface area contributed by atoms with Crippen LogP contribution in [0.15, 0.2) is 0 Å². The molecule has 2 spiro atoms. The molecular formula is C35H56F2O8. The highest BCUT2D eigenvalue weighted by Gasteiger charge is 2.85. The van der Waals surface area contributed by atoms with Gasteiger partial charge in [-0.25, -0.2) is 8.78 Å². The van der Waals surface area contributed by atoms with Gasteiger partial charge in [-0.2, -0.15) is 0 Å². The van der Waals surface area contributed by atoms with Crippen LogP contribution >= 0.6 is 0 Å². The maximum absolute atomic E-state index is 15.5. The Morgan fingerprint density at radius 1 is 0.867 bits per heavy atom. The van der Waals surface area contributed by atoms with E-state index < -0.39 is 59.9 Å². The standard InChI is InChI=1S/C35H56F2O8/c1-17-14-22(35(36,37)30(4,5)42)44-26-23(17)31(6)12-13-34-16-33(34)11-10-21(45-28-25(40)24(39)18(38)15-43-28)29(2,3)19(33)8-9-20(34)32(31,7)27(26)41/h17-28,38-42H,8-16H2,1-7H3/t17-,18-,19+,20+,21+,22-,23?,24+,25-,26?,27+,28?,31-,32-,33-,34+/m1/s1. The predicted molar refractivity (Wildman–Crippen MR) is 160 cm³/mol. The van der Waals surface area contributed by atoms with Crippen LogP contribution in [-0.2, 0) is 14.2 Å². The minimum atomic E-state index is -3.44. The van der Waals surface area contributed by atoms with Crippen LogP contribution in [0.25, 0.3) is 0 Å². The first-order valence-electron chi connectivity index (χ1n) is 17.5. The molecule has 5 N–H and O–H groups in total. The van der Waals surface area contributed by atoms with Crippen LogP contribution in [-0.4, -0.2) is 92.7 Å². The molecule has 5 aliphatic carbocycles. The number of hydrogen-bond donors (Lipinski definition) is 5. The second kappa shape index (κ2) is 9.83. The maximum atomic E-state index is 15.5. The van der Waals surface area contributed by atoms with Crippen LogP contribution in [0.5, 0.6) is 0 Å². The molecule has 7 fully saturated rings. The topological polar surface area (TPSA) is 129 Å². The van der Waals surface area contributed by atoms with Crippen molar-refractivity contribution in [3.63, 3.8) is 0 Å². The van der Waals surface area contributed by atoms with Crippen molar-refractivity contribution in [2.75, 3.05) is 6.61 Å².